The number of nitrogens with one attached hydrogen (secondary N) is 1. The maximum Gasteiger partial charge on any atom is 0.219 e. The van der Waals surface area contributed by atoms with Crippen LogP contribution in [0.15, 0.2) is 24.3 Å². The fourth-order valence-corrected chi connectivity index (χ4v) is 5.89. The summed E-state index contributed by atoms with van der Waals surface area (Å²) in [6.07, 6.45) is 2.72. The second-order valence-electron chi connectivity index (χ2n) is 10.2. The predicted molar refractivity (Wildman–Crippen MR) is 150 cm³/mol. The summed E-state index contributed by atoms with van der Waals surface area (Å²) in [6.45, 7) is 10.9. The van der Waals surface area contributed by atoms with Crippen LogP contribution in [0, 0.1) is 18.3 Å². The fraction of sp³-hybridized carbons (Fsp3) is 0.517. The molecule has 4 heterocycles. The number of fused-ring (bicyclic) bond motifs is 3. The van der Waals surface area contributed by atoms with Gasteiger partial charge in [0.2, 0.25) is 11.8 Å². The fourth-order valence-electron chi connectivity index (χ4n) is 5.89. The van der Waals surface area contributed by atoms with Crippen molar-refractivity contribution in [2.45, 2.75) is 53.5 Å². The lowest BCUT2D eigenvalue weighted by atomic mass is 9.99. The highest BCUT2D eigenvalue weighted by Crippen LogP contribution is 2.34. The number of carbonyl (C=O) groups is 2. The van der Waals surface area contributed by atoms with Gasteiger partial charge in [0.25, 0.3) is 0 Å². The van der Waals surface area contributed by atoms with E-state index in [4.69, 9.17) is 4.98 Å². The molecule has 202 valence electrons. The monoisotopic (exact) mass is 517 g/mol. The van der Waals surface area contributed by atoms with Gasteiger partial charge in [-0.25, -0.2) is 4.98 Å². The topological polar surface area (TPSA) is 97.0 Å². The van der Waals surface area contributed by atoms with E-state index in [2.05, 4.69) is 31.7 Å². The second kappa shape index (κ2) is 11.4. The van der Waals surface area contributed by atoms with Gasteiger partial charge in [-0.05, 0) is 49.4 Å². The van der Waals surface area contributed by atoms with Crippen LogP contribution in [0.2, 0.25) is 0 Å². The van der Waals surface area contributed by atoms with Gasteiger partial charge in [-0.1, -0.05) is 19.6 Å². The Hall–Kier alpha value is -3.64. The van der Waals surface area contributed by atoms with Gasteiger partial charge >= 0.3 is 0 Å². The van der Waals surface area contributed by atoms with Crippen molar-refractivity contribution in [2.75, 3.05) is 50.7 Å². The van der Waals surface area contributed by atoms with Gasteiger partial charge in [-0.15, -0.1) is 0 Å². The van der Waals surface area contributed by atoms with E-state index in [-0.39, 0.29) is 25.3 Å². The number of hydrogen-bond donors (Lipinski definition) is 1. The maximum atomic E-state index is 12.0. The summed E-state index contributed by atoms with van der Waals surface area (Å²) in [7, 11) is 0. The molecule has 0 atom stereocenters. The van der Waals surface area contributed by atoms with Crippen molar-refractivity contribution in [3.8, 4) is 6.07 Å². The normalized spacial score (nSPS) is 16.9. The number of hydrogen-bond acceptors (Lipinski definition) is 6. The first-order valence-electron chi connectivity index (χ1n) is 13.2. The highest BCUT2D eigenvalue weighted by molar-refractivity contribution is 5.86. The first-order chi connectivity index (χ1) is 17.9. The standard InChI is InChI=1S/C28H35N7O2.CH4/c1-19-23(10-13-32-11-8-22(9-12-32)30-20(2)36)28(34-16-14-33(15-17-34)21(3)37)35-26-7-5-4-6-25(26)31-27(35)24(19)18-29;/h4-7,22H,8-17H2,1-3H3,(H,30,36);1H4. The number of para-hydroxylation sites is 2. The Morgan fingerprint density at radius 3 is 2.39 bits per heavy atom. The number of nitriles is 1. The van der Waals surface area contributed by atoms with Crippen LogP contribution in [0.5, 0.6) is 0 Å². The second-order valence-corrected chi connectivity index (χ2v) is 10.2. The Balaban J connectivity index is 0.00000336. The number of likely N-dealkylation sites (tertiary alicyclic amines) is 1. The number of carbonyl (C=O) groups excluding carboxylic acids is 2. The smallest absolute Gasteiger partial charge is 0.219 e. The molecule has 2 aromatic heterocycles. The van der Waals surface area contributed by atoms with Crippen LogP contribution < -0.4 is 10.2 Å². The van der Waals surface area contributed by atoms with Gasteiger partial charge in [0.1, 0.15) is 11.9 Å². The third-order valence-electron chi connectivity index (χ3n) is 7.90. The minimum absolute atomic E-state index is 0. The van der Waals surface area contributed by atoms with Crippen molar-refractivity contribution in [3.05, 3.63) is 41.0 Å². The van der Waals surface area contributed by atoms with Crippen LogP contribution in [-0.2, 0) is 16.0 Å². The van der Waals surface area contributed by atoms with E-state index in [1.165, 1.54) is 5.56 Å². The van der Waals surface area contributed by atoms with Gasteiger partial charge in [0.05, 0.1) is 16.6 Å². The number of aromatic nitrogens is 2. The summed E-state index contributed by atoms with van der Waals surface area (Å²) in [5.41, 5.74) is 5.36. The van der Waals surface area contributed by atoms with Crippen molar-refractivity contribution in [2.24, 2.45) is 0 Å². The number of anilines is 1. The molecule has 3 aromatic rings. The molecule has 0 unspecified atom stereocenters. The van der Waals surface area contributed by atoms with Gasteiger partial charge in [-0.2, -0.15) is 5.26 Å². The van der Waals surface area contributed by atoms with Gasteiger partial charge < -0.3 is 20.0 Å². The highest BCUT2D eigenvalue weighted by atomic mass is 16.2. The zero-order chi connectivity index (χ0) is 26.1. The molecule has 1 N–H and O–H groups in total. The number of piperazine rings is 1. The highest BCUT2D eigenvalue weighted by Gasteiger charge is 2.28. The van der Waals surface area contributed by atoms with E-state index in [0.29, 0.717) is 24.3 Å². The Morgan fingerprint density at radius 2 is 1.76 bits per heavy atom. The van der Waals surface area contributed by atoms with Crippen molar-refractivity contribution in [1.29, 1.82) is 5.26 Å². The quantitative estimate of drug-likeness (QED) is 0.559. The summed E-state index contributed by atoms with van der Waals surface area (Å²) in [6, 6.07) is 10.7. The molecule has 2 saturated heterocycles. The summed E-state index contributed by atoms with van der Waals surface area (Å²) < 4.78 is 2.17. The van der Waals surface area contributed by atoms with E-state index in [9.17, 15) is 14.9 Å². The molecule has 2 amide bonds. The number of nitrogens with zero attached hydrogens (tertiary/aromatic N) is 6. The molecule has 2 fully saturated rings. The number of benzene rings is 1. The van der Waals surface area contributed by atoms with Crippen LogP contribution in [0.1, 0.15) is 50.8 Å². The number of piperidine rings is 1. The van der Waals surface area contributed by atoms with Gasteiger partial charge in [-0.3, -0.25) is 14.0 Å². The molecule has 0 radical (unpaired) electrons. The van der Waals surface area contributed by atoms with Crippen LogP contribution in [-0.4, -0.2) is 82.9 Å². The Labute approximate surface area is 225 Å². The van der Waals surface area contributed by atoms with Crippen molar-refractivity contribution < 1.29 is 9.59 Å². The van der Waals surface area contributed by atoms with Crippen molar-refractivity contribution >= 4 is 34.3 Å². The Kier molecular flexibility index (Phi) is 8.22. The minimum atomic E-state index is 0. The number of amides is 2. The number of rotatable bonds is 5. The predicted octanol–water partition coefficient (Wildman–Crippen LogP) is 3.12. The first-order valence-corrected chi connectivity index (χ1v) is 13.2. The molecule has 2 aliphatic heterocycles. The maximum absolute atomic E-state index is 12.0. The van der Waals surface area contributed by atoms with E-state index in [1.807, 2.05) is 30.0 Å². The van der Waals surface area contributed by atoms with E-state index in [0.717, 1.165) is 74.4 Å². The molecular weight excluding hydrogens is 478 g/mol. The van der Waals surface area contributed by atoms with Crippen LogP contribution in [0.3, 0.4) is 0 Å². The van der Waals surface area contributed by atoms with Crippen molar-refractivity contribution in [3.63, 3.8) is 0 Å². The number of pyridine rings is 1. The largest absolute Gasteiger partial charge is 0.354 e. The van der Waals surface area contributed by atoms with Crippen molar-refractivity contribution in [1.82, 2.24) is 24.5 Å². The van der Waals surface area contributed by atoms with Gasteiger partial charge in [0.15, 0.2) is 5.65 Å². The molecule has 0 aliphatic carbocycles. The number of imidazole rings is 1. The molecule has 0 saturated carbocycles. The lowest BCUT2D eigenvalue weighted by molar-refractivity contribution is -0.129. The molecule has 9 heteroatoms. The molecule has 9 nitrogen and oxygen atoms in total. The van der Waals surface area contributed by atoms with E-state index < -0.39 is 0 Å². The lowest BCUT2D eigenvalue weighted by Crippen LogP contribution is -2.49. The van der Waals surface area contributed by atoms with Gasteiger partial charge in [0, 0.05) is 65.7 Å². The lowest BCUT2D eigenvalue weighted by Gasteiger charge is -2.38. The molecule has 2 aliphatic rings. The first kappa shape index (κ1) is 27.4. The van der Waals surface area contributed by atoms with E-state index >= 15 is 0 Å². The Morgan fingerprint density at radius 1 is 1.08 bits per heavy atom. The van der Waals surface area contributed by atoms with Crippen LogP contribution in [0.4, 0.5) is 5.82 Å². The van der Waals surface area contributed by atoms with E-state index in [1.54, 1.807) is 13.8 Å². The molecule has 0 spiro atoms. The average Bonchev–Trinajstić information content (AvgIpc) is 3.27. The molecule has 0 bridgehead atoms. The molecule has 1 aromatic carbocycles. The summed E-state index contributed by atoms with van der Waals surface area (Å²) in [4.78, 5) is 35.0. The van der Waals surface area contributed by atoms with Crippen LogP contribution in [0.25, 0.3) is 16.7 Å². The minimum Gasteiger partial charge on any atom is -0.354 e. The zero-order valence-electron chi connectivity index (χ0n) is 22.0. The third-order valence-corrected chi connectivity index (χ3v) is 7.90. The summed E-state index contributed by atoms with van der Waals surface area (Å²) in [5, 5.41) is 13.2. The van der Waals surface area contributed by atoms with Crippen LogP contribution >= 0.6 is 0 Å². The zero-order valence-corrected chi connectivity index (χ0v) is 22.0. The third kappa shape index (κ3) is 5.18. The Bertz CT molecular complexity index is 1370. The SMILES string of the molecule is C.CC(=O)NC1CCN(CCc2c(C)c(C#N)c3nc4ccccc4n3c2N2CCN(C(C)=O)CC2)CC1. The summed E-state index contributed by atoms with van der Waals surface area (Å²) in [5.74, 6) is 1.24. The summed E-state index contributed by atoms with van der Waals surface area (Å²) >= 11 is 0. The molecular formula is C29H39N7O2. The molecule has 5 rings (SSSR count). The average molecular weight is 518 g/mol. The molecule has 38 heavy (non-hydrogen) atoms.